The van der Waals surface area contributed by atoms with Gasteiger partial charge in [-0.1, -0.05) is 6.07 Å². The normalized spacial score (nSPS) is 16.8. The highest BCUT2D eigenvalue weighted by molar-refractivity contribution is 5.99. The molecule has 1 fully saturated rings. The van der Waals surface area contributed by atoms with Gasteiger partial charge in [0.05, 0.1) is 24.4 Å². The Bertz CT molecular complexity index is 1200. The topological polar surface area (TPSA) is 94.3 Å². The average molecular weight is 439 g/mol. The molecular formula is C23H26FN5O3. The first-order valence-corrected chi connectivity index (χ1v) is 10.9. The molecule has 2 aliphatic rings. The number of fused-ring (bicyclic) bond motifs is 2. The van der Waals surface area contributed by atoms with Crippen LogP contribution < -0.4 is 0 Å². The molecule has 9 heteroatoms. The second kappa shape index (κ2) is 7.74. The number of nitrogens with zero attached hydrogens (tertiary/aromatic N) is 3. The molecule has 1 saturated carbocycles. The van der Waals surface area contributed by atoms with Crippen LogP contribution in [0.15, 0.2) is 24.3 Å². The van der Waals surface area contributed by atoms with Gasteiger partial charge in [-0.15, -0.1) is 0 Å². The van der Waals surface area contributed by atoms with Gasteiger partial charge in [0.1, 0.15) is 17.2 Å². The molecule has 1 aromatic carbocycles. The summed E-state index contributed by atoms with van der Waals surface area (Å²) in [5.74, 6) is -0.738. The van der Waals surface area contributed by atoms with Gasteiger partial charge >= 0.3 is 0 Å². The zero-order valence-corrected chi connectivity index (χ0v) is 18.2. The summed E-state index contributed by atoms with van der Waals surface area (Å²) in [6.07, 6.45) is 2.37. The minimum Gasteiger partial charge on any atom is -0.379 e. The molecule has 0 atom stereocenters. The van der Waals surface area contributed by atoms with Gasteiger partial charge < -0.3 is 19.5 Å². The van der Waals surface area contributed by atoms with Gasteiger partial charge in [-0.3, -0.25) is 14.7 Å². The third-order valence-corrected chi connectivity index (χ3v) is 6.68. The molecule has 3 aromatic rings. The third-order valence-electron chi connectivity index (χ3n) is 6.68. The van der Waals surface area contributed by atoms with Crippen LogP contribution in [0.2, 0.25) is 0 Å². The van der Waals surface area contributed by atoms with E-state index >= 15 is 0 Å². The lowest BCUT2D eigenvalue weighted by molar-refractivity contribution is 0.0455. The van der Waals surface area contributed by atoms with Gasteiger partial charge in [0.25, 0.3) is 11.8 Å². The number of amides is 2. The molecule has 32 heavy (non-hydrogen) atoms. The van der Waals surface area contributed by atoms with Crippen molar-refractivity contribution in [1.82, 2.24) is 25.0 Å². The van der Waals surface area contributed by atoms with E-state index in [2.05, 4.69) is 15.2 Å². The van der Waals surface area contributed by atoms with Crippen molar-refractivity contribution in [3.05, 3.63) is 52.7 Å². The van der Waals surface area contributed by atoms with Gasteiger partial charge in [-0.25, -0.2) is 4.39 Å². The highest BCUT2D eigenvalue weighted by atomic mass is 19.1. The van der Waals surface area contributed by atoms with Crippen molar-refractivity contribution >= 4 is 22.7 Å². The van der Waals surface area contributed by atoms with Crippen LogP contribution in [0.5, 0.6) is 0 Å². The van der Waals surface area contributed by atoms with Gasteiger partial charge in [-0.05, 0) is 38.0 Å². The van der Waals surface area contributed by atoms with Gasteiger partial charge in [0, 0.05) is 43.1 Å². The summed E-state index contributed by atoms with van der Waals surface area (Å²) in [7, 11) is 1.80. The predicted molar refractivity (Wildman–Crippen MR) is 116 cm³/mol. The van der Waals surface area contributed by atoms with Crippen LogP contribution in [-0.4, -0.2) is 69.1 Å². The fraction of sp³-hybridized carbons (Fsp3) is 0.435. The van der Waals surface area contributed by atoms with E-state index in [0.717, 1.165) is 24.1 Å². The van der Waals surface area contributed by atoms with E-state index in [1.54, 1.807) is 35.0 Å². The van der Waals surface area contributed by atoms with Crippen molar-refractivity contribution in [2.24, 2.45) is 0 Å². The number of hydrogen-bond acceptors (Lipinski definition) is 4. The zero-order chi connectivity index (χ0) is 22.5. The van der Waals surface area contributed by atoms with Crippen LogP contribution >= 0.6 is 0 Å². The number of nitrogens with one attached hydrogen (secondary N) is 2. The van der Waals surface area contributed by atoms with E-state index in [0.29, 0.717) is 48.5 Å². The second-order valence-corrected chi connectivity index (χ2v) is 8.61. The first-order valence-electron chi connectivity index (χ1n) is 10.9. The molecular weight excluding hydrogens is 413 g/mol. The Hall–Kier alpha value is -3.20. The lowest BCUT2D eigenvalue weighted by atomic mass is 10.0. The number of rotatable bonds is 6. The number of ether oxygens (including phenoxy) is 1. The molecule has 1 aliphatic carbocycles. The Balaban J connectivity index is 1.37. The maximum atomic E-state index is 14.0. The van der Waals surface area contributed by atoms with Crippen molar-refractivity contribution in [3.8, 4) is 0 Å². The van der Waals surface area contributed by atoms with E-state index in [-0.39, 0.29) is 29.7 Å². The largest absolute Gasteiger partial charge is 0.379 e. The number of halogens is 1. The summed E-state index contributed by atoms with van der Waals surface area (Å²) < 4.78 is 19.6. The molecule has 5 rings (SSSR count). The lowest BCUT2D eigenvalue weighted by Gasteiger charge is -2.29. The fourth-order valence-electron chi connectivity index (χ4n) is 4.44. The van der Waals surface area contributed by atoms with E-state index < -0.39 is 0 Å². The van der Waals surface area contributed by atoms with E-state index in [1.165, 1.54) is 6.07 Å². The smallest absolute Gasteiger partial charge is 0.272 e. The van der Waals surface area contributed by atoms with Gasteiger partial charge in [-0.2, -0.15) is 5.10 Å². The Kier molecular flexibility index (Phi) is 5.00. The van der Waals surface area contributed by atoms with Crippen molar-refractivity contribution in [1.29, 1.82) is 0 Å². The summed E-state index contributed by atoms with van der Waals surface area (Å²) >= 11 is 0. The van der Waals surface area contributed by atoms with Crippen LogP contribution in [0, 0.1) is 5.82 Å². The summed E-state index contributed by atoms with van der Waals surface area (Å²) in [5.41, 5.74) is 2.63. The molecule has 0 spiro atoms. The monoisotopic (exact) mass is 439 g/mol. The van der Waals surface area contributed by atoms with Crippen LogP contribution in [-0.2, 0) is 17.7 Å². The van der Waals surface area contributed by atoms with Gasteiger partial charge in [0.15, 0.2) is 0 Å². The number of H-pyrrole nitrogens is 2. The van der Waals surface area contributed by atoms with Crippen LogP contribution in [0.4, 0.5) is 4.39 Å². The Morgan fingerprint density at radius 1 is 1.34 bits per heavy atom. The Morgan fingerprint density at radius 3 is 2.88 bits per heavy atom. The molecule has 2 N–H and O–H groups in total. The number of carbonyl (C=O) groups excluding carboxylic acids is 2. The summed E-state index contributed by atoms with van der Waals surface area (Å²) in [5, 5.41) is 7.63. The van der Waals surface area contributed by atoms with E-state index in [1.807, 2.05) is 6.92 Å². The van der Waals surface area contributed by atoms with E-state index in [4.69, 9.17) is 4.74 Å². The Labute approximate surface area is 184 Å². The van der Waals surface area contributed by atoms with Gasteiger partial charge in [0.2, 0.25) is 0 Å². The number of carbonyl (C=O) groups is 2. The first kappa shape index (κ1) is 20.7. The highest BCUT2D eigenvalue weighted by Crippen LogP contribution is 2.42. The third kappa shape index (κ3) is 3.37. The number of likely N-dealkylation sites (N-methyl/N-ethyl adjacent to an activating group) is 1. The molecule has 168 valence electrons. The lowest BCUT2D eigenvalue weighted by Crippen LogP contribution is -2.43. The Morgan fingerprint density at radius 2 is 2.16 bits per heavy atom. The van der Waals surface area contributed by atoms with Crippen molar-refractivity contribution in [3.63, 3.8) is 0 Å². The summed E-state index contributed by atoms with van der Waals surface area (Å²) in [6, 6.07) is 6.26. The maximum Gasteiger partial charge on any atom is 0.272 e. The fourth-order valence-corrected chi connectivity index (χ4v) is 4.44. The van der Waals surface area contributed by atoms with Crippen LogP contribution in [0.3, 0.4) is 0 Å². The molecule has 0 radical (unpaired) electrons. The minimum atomic E-state index is -0.370. The molecule has 0 unspecified atom stereocenters. The summed E-state index contributed by atoms with van der Waals surface area (Å²) in [4.78, 5) is 32.9. The SMILES string of the molecule is CCOCC1(N(C)C(=O)c2[nH]nc3c2CN(C(=O)c2cc4c(F)cccc4[nH]2)CC3)CC1. The summed E-state index contributed by atoms with van der Waals surface area (Å²) in [6.45, 7) is 3.82. The number of hydrogen-bond donors (Lipinski definition) is 2. The van der Waals surface area contributed by atoms with Crippen LogP contribution in [0.1, 0.15) is 52.0 Å². The highest BCUT2D eigenvalue weighted by Gasteiger charge is 2.49. The molecule has 2 aromatic heterocycles. The maximum absolute atomic E-state index is 14.0. The minimum absolute atomic E-state index is 0.141. The van der Waals surface area contributed by atoms with Crippen molar-refractivity contribution in [2.45, 2.75) is 38.3 Å². The standard InChI is InChI=1S/C23H26FN5O3/c1-3-32-13-23(8-9-23)28(2)22(31)20-15-12-29(10-7-18(15)26-27-20)21(30)19-11-14-16(24)5-4-6-17(14)25-19/h4-6,11,25H,3,7-10,12-13H2,1-2H3,(H,26,27). The molecule has 0 bridgehead atoms. The number of aromatic nitrogens is 3. The number of aromatic amines is 2. The van der Waals surface area contributed by atoms with Crippen molar-refractivity contribution in [2.75, 3.05) is 26.8 Å². The quantitative estimate of drug-likeness (QED) is 0.618. The first-order chi connectivity index (χ1) is 15.4. The zero-order valence-electron chi connectivity index (χ0n) is 18.2. The number of benzene rings is 1. The van der Waals surface area contributed by atoms with Crippen LogP contribution in [0.25, 0.3) is 10.9 Å². The van der Waals surface area contributed by atoms with Crippen molar-refractivity contribution < 1.29 is 18.7 Å². The molecule has 2 amide bonds. The second-order valence-electron chi connectivity index (χ2n) is 8.61. The molecule has 1 aliphatic heterocycles. The molecule has 8 nitrogen and oxygen atoms in total. The predicted octanol–water partition coefficient (Wildman–Crippen LogP) is 2.87. The molecule has 0 saturated heterocycles. The average Bonchev–Trinajstić information content (AvgIpc) is 3.26. The van der Waals surface area contributed by atoms with E-state index in [9.17, 15) is 14.0 Å². The molecule has 3 heterocycles.